The molecule has 0 aliphatic heterocycles. The van der Waals surface area contributed by atoms with E-state index in [4.69, 9.17) is 0 Å². The summed E-state index contributed by atoms with van der Waals surface area (Å²) in [5, 5.41) is 42.2. The van der Waals surface area contributed by atoms with Crippen LogP contribution in [0.4, 0.5) is 11.4 Å². The molecule has 40 heavy (non-hydrogen) atoms. The van der Waals surface area contributed by atoms with Gasteiger partial charge in [0.25, 0.3) is 0 Å². The van der Waals surface area contributed by atoms with Crippen LogP contribution >= 0.6 is 0 Å². The number of nitrogens with zero attached hydrogens (tertiary/aromatic N) is 8. The van der Waals surface area contributed by atoms with Crippen molar-refractivity contribution in [3.05, 3.63) is 71.3 Å². The predicted molar refractivity (Wildman–Crippen MR) is 154 cm³/mol. The van der Waals surface area contributed by atoms with E-state index in [0.717, 1.165) is 35.0 Å². The maximum atomic E-state index is 10.1. The van der Waals surface area contributed by atoms with Gasteiger partial charge in [-0.25, -0.2) is 4.68 Å². The lowest BCUT2D eigenvalue weighted by Crippen LogP contribution is -2.20. The molecule has 0 amide bonds. The minimum Gasteiger partial charge on any atom is -0.383 e. The normalized spacial score (nSPS) is 14.2. The number of fused-ring (bicyclic) bond motifs is 2. The number of aromatic nitrogens is 6. The number of rotatable bonds is 7. The summed E-state index contributed by atoms with van der Waals surface area (Å²) in [4.78, 5) is 4.49. The van der Waals surface area contributed by atoms with Crippen molar-refractivity contribution in [3.63, 3.8) is 0 Å². The van der Waals surface area contributed by atoms with Crippen molar-refractivity contribution >= 4 is 33.2 Å². The van der Waals surface area contributed by atoms with Crippen LogP contribution in [0.1, 0.15) is 68.1 Å². The molecule has 1 aliphatic rings. The van der Waals surface area contributed by atoms with Crippen LogP contribution in [0.3, 0.4) is 0 Å². The molecule has 10 heteroatoms. The van der Waals surface area contributed by atoms with Crippen LogP contribution in [-0.4, -0.2) is 36.3 Å². The van der Waals surface area contributed by atoms with Gasteiger partial charge in [-0.3, -0.25) is 9.67 Å². The van der Waals surface area contributed by atoms with E-state index in [0.29, 0.717) is 46.0 Å². The first-order valence-electron chi connectivity index (χ1n) is 13.4. The Balaban J connectivity index is 1.50. The molecule has 1 atom stereocenters. The molecule has 3 aromatic heterocycles. The fourth-order valence-electron chi connectivity index (χ4n) is 4.97. The topological polar surface area (TPSA) is 133 Å². The third-order valence-electron chi connectivity index (χ3n) is 7.20. The minimum absolute atomic E-state index is 0.0167. The van der Waals surface area contributed by atoms with Gasteiger partial charge in [0.05, 0.1) is 52.3 Å². The molecule has 2 N–H and O–H groups in total. The van der Waals surface area contributed by atoms with Gasteiger partial charge in [-0.2, -0.15) is 15.6 Å². The lowest BCUT2D eigenvalue weighted by atomic mass is 9.96. The molecule has 1 saturated carbocycles. The monoisotopic (exact) mass is 530 g/mol. The molecule has 2 aromatic carbocycles. The molecule has 0 bridgehead atoms. The van der Waals surface area contributed by atoms with Gasteiger partial charge in [0.2, 0.25) is 0 Å². The molecule has 3 heterocycles. The van der Waals surface area contributed by atoms with E-state index in [2.05, 4.69) is 70.0 Å². The lowest BCUT2D eigenvalue weighted by molar-refractivity contribution is 0.443. The van der Waals surface area contributed by atoms with E-state index in [1.165, 1.54) is 6.20 Å². The molecule has 0 spiro atoms. The summed E-state index contributed by atoms with van der Waals surface area (Å²) in [6.07, 6.45) is 7.61. The zero-order valence-electron chi connectivity index (χ0n) is 23.0. The minimum atomic E-state index is -0.359. The smallest absolute Gasteiger partial charge is 0.110 e. The molecule has 200 valence electrons. The van der Waals surface area contributed by atoms with E-state index in [9.17, 15) is 10.5 Å². The van der Waals surface area contributed by atoms with Gasteiger partial charge in [-0.15, -0.1) is 5.10 Å². The summed E-state index contributed by atoms with van der Waals surface area (Å²) in [5.41, 5.74) is 5.56. The number of benzene rings is 2. The largest absolute Gasteiger partial charge is 0.383 e. The number of hydrogen-bond acceptors (Lipinski definition) is 8. The first-order chi connectivity index (χ1) is 19.3. The number of anilines is 2. The molecule has 10 nitrogen and oxygen atoms in total. The van der Waals surface area contributed by atoms with Crippen LogP contribution in [0.15, 0.2) is 48.9 Å². The van der Waals surface area contributed by atoms with Gasteiger partial charge in [0.1, 0.15) is 17.8 Å². The number of aryl methyl sites for hydroxylation is 1. The molecule has 5 aromatic rings. The molecule has 0 saturated heterocycles. The Labute approximate surface area is 232 Å². The van der Waals surface area contributed by atoms with E-state index in [1.54, 1.807) is 6.07 Å². The fraction of sp³-hybridized carbons (Fsp3) is 0.333. The van der Waals surface area contributed by atoms with Crippen molar-refractivity contribution in [2.45, 2.75) is 45.7 Å². The number of nitrogens with one attached hydrogen (secondary N) is 2. The van der Waals surface area contributed by atoms with Crippen LogP contribution in [0, 0.1) is 28.1 Å². The summed E-state index contributed by atoms with van der Waals surface area (Å²) < 4.78 is 3.79. The molecule has 1 unspecified atom stereocenters. The number of pyridine rings is 1. The van der Waals surface area contributed by atoms with Crippen LogP contribution < -0.4 is 10.6 Å². The van der Waals surface area contributed by atoms with Crippen LogP contribution in [-0.2, 0) is 7.05 Å². The second kappa shape index (κ2) is 9.65. The van der Waals surface area contributed by atoms with Gasteiger partial charge >= 0.3 is 0 Å². The predicted octanol–water partition coefficient (Wildman–Crippen LogP) is 5.45. The summed E-state index contributed by atoms with van der Waals surface area (Å²) in [7, 11) is 1.92. The highest BCUT2D eigenvalue weighted by atomic mass is 15.4. The van der Waals surface area contributed by atoms with Gasteiger partial charge in [-0.05, 0) is 42.0 Å². The molecule has 1 fully saturated rings. The third kappa shape index (κ3) is 4.69. The van der Waals surface area contributed by atoms with Crippen molar-refractivity contribution < 1.29 is 0 Å². The molecule has 1 aliphatic carbocycles. The first-order valence-corrected chi connectivity index (χ1v) is 13.4. The van der Waals surface area contributed by atoms with E-state index in [1.807, 2.05) is 47.0 Å². The van der Waals surface area contributed by atoms with Crippen molar-refractivity contribution in [2.75, 3.05) is 17.2 Å². The third-order valence-corrected chi connectivity index (χ3v) is 7.20. The quantitative estimate of drug-likeness (QED) is 0.284. The Morgan fingerprint density at radius 2 is 1.88 bits per heavy atom. The maximum Gasteiger partial charge on any atom is 0.110 e. The van der Waals surface area contributed by atoms with Crippen molar-refractivity contribution in [2.24, 2.45) is 12.5 Å². The highest BCUT2D eigenvalue weighted by molar-refractivity contribution is 5.99. The Kier molecular flexibility index (Phi) is 6.11. The van der Waals surface area contributed by atoms with E-state index >= 15 is 0 Å². The number of hydrogen-bond donors (Lipinski definition) is 2. The highest BCUT2D eigenvalue weighted by Gasteiger charge is 2.28. The van der Waals surface area contributed by atoms with Crippen molar-refractivity contribution in [1.29, 1.82) is 10.5 Å². The Bertz CT molecular complexity index is 1820. The summed E-state index contributed by atoms with van der Waals surface area (Å²) in [5.74, 6) is 0. The Morgan fingerprint density at radius 3 is 2.60 bits per heavy atom. The van der Waals surface area contributed by atoms with Gasteiger partial charge in [-0.1, -0.05) is 38.1 Å². The van der Waals surface area contributed by atoms with E-state index < -0.39 is 0 Å². The van der Waals surface area contributed by atoms with Gasteiger partial charge in [0, 0.05) is 36.2 Å². The first kappa shape index (κ1) is 25.3. The van der Waals surface area contributed by atoms with Crippen LogP contribution in [0.2, 0.25) is 0 Å². The van der Waals surface area contributed by atoms with Crippen LogP contribution in [0.5, 0.6) is 0 Å². The Hall–Kier alpha value is -4.96. The summed E-state index contributed by atoms with van der Waals surface area (Å²) in [6.45, 7) is 7.03. The zero-order chi connectivity index (χ0) is 28.0. The summed E-state index contributed by atoms with van der Waals surface area (Å²) >= 11 is 0. The molecule has 0 radical (unpaired) electrons. The van der Waals surface area contributed by atoms with Crippen molar-refractivity contribution in [3.8, 4) is 12.1 Å². The zero-order valence-corrected chi connectivity index (χ0v) is 23.0. The average Bonchev–Trinajstić information content (AvgIpc) is 3.55. The van der Waals surface area contributed by atoms with Crippen LogP contribution in [0.25, 0.3) is 21.8 Å². The standard InChI is InChI=1S/C30H30N10/c1-30(2,3)17-34-28-19(13-32)14-33-27-18(12-31)10-20(11-23(27)28)36-29(25-16-40(38-37-25)21-8-9-21)22-6-5-7-26-24(22)15-35-39(26)4/h5-7,10-11,14-16,21,29,36H,8-9,17H2,1-4H3,(H,33,34). The maximum absolute atomic E-state index is 10.1. The van der Waals surface area contributed by atoms with Gasteiger partial charge < -0.3 is 10.6 Å². The lowest BCUT2D eigenvalue weighted by Gasteiger charge is -2.22. The number of nitriles is 2. The van der Waals surface area contributed by atoms with E-state index in [-0.39, 0.29) is 11.5 Å². The molecular weight excluding hydrogens is 500 g/mol. The second-order valence-corrected chi connectivity index (χ2v) is 11.6. The molecule has 6 rings (SSSR count). The molecular formula is C30H30N10. The Morgan fingerprint density at radius 1 is 1.07 bits per heavy atom. The highest BCUT2D eigenvalue weighted by Crippen LogP contribution is 2.37. The summed E-state index contributed by atoms with van der Waals surface area (Å²) in [6, 6.07) is 14.5. The average molecular weight is 531 g/mol. The fourth-order valence-corrected chi connectivity index (χ4v) is 4.97. The SMILES string of the molecule is Cn1ncc2c(C(Nc3cc(C#N)c4ncc(C#N)c(NCC(C)(C)C)c4c3)c3cn(C4CC4)nn3)cccc21. The second-order valence-electron chi connectivity index (χ2n) is 11.6. The van der Waals surface area contributed by atoms with Crippen molar-refractivity contribution in [1.82, 2.24) is 29.8 Å². The van der Waals surface area contributed by atoms with Gasteiger partial charge in [0.15, 0.2) is 0 Å².